The largest absolute Gasteiger partial charge is 0.282 e. The highest BCUT2D eigenvalue weighted by Gasteiger charge is 2.18. The van der Waals surface area contributed by atoms with Crippen LogP contribution in [-0.4, -0.2) is 10.2 Å². The van der Waals surface area contributed by atoms with Crippen molar-refractivity contribution in [3.8, 4) is 11.1 Å². The molecule has 0 saturated heterocycles. The number of nitrogens with one attached hydrogen (secondary N) is 1. The summed E-state index contributed by atoms with van der Waals surface area (Å²) in [6.45, 7) is 1.58. The Morgan fingerprint density at radius 1 is 1.31 bits per heavy atom. The van der Waals surface area contributed by atoms with Crippen LogP contribution in [0.3, 0.4) is 0 Å². The van der Waals surface area contributed by atoms with Crippen LogP contribution in [-0.2, 0) is 12.8 Å². The van der Waals surface area contributed by atoms with Crippen molar-refractivity contribution in [2.75, 3.05) is 0 Å². The number of aromatic nitrogens is 2. The Kier molecular flexibility index (Phi) is 2.06. The Labute approximate surface area is 93.5 Å². The van der Waals surface area contributed by atoms with Gasteiger partial charge >= 0.3 is 0 Å². The lowest BCUT2D eigenvalue weighted by molar-refractivity contribution is 0.374. The highest BCUT2D eigenvalue weighted by molar-refractivity contribution is 5.71. The summed E-state index contributed by atoms with van der Waals surface area (Å²) in [4.78, 5) is 0. The topological polar surface area (TPSA) is 28.7 Å². The molecule has 1 atom stereocenters. The van der Waals surface area contributed by atoms with Gasteiger partial charge in [-0.2, -0.15) is 5.10 Å². The number of fused-ring (bicyclic) bond motifs is 3. The number of aryl methyl sites for hydroxylation is 2. The lowest BCUT2D eigenvalue weighted by Crippen LogP contribution is -2.03. The standard InChI is InChI=1S/C13H13FN2/c1-8(14)9-2-4-11-10(6-9)3-5-13-12(11)7-15-16-13/h2,4,6-8H,3,5H2,1H3,(H,15,16)/t8-/m0/s1. The van der Waals surface area contributed by atoms with Gasteiger partial charge in [0, 0.05) is 11.3 Å². The predicted octanol–water partition coefficient (Wildman–Crippen LogP) is 3.21. The first-order valence-corrected chi connectivity index (χ1v) is 5.55. The van der Waals surface area contributed by atoms with Crippen LogP contribution in [0.15, 0.2) is 24.4 Å². The fourth-order valence-corrected chi connectivity index (χ4v) is 2.33. The number of alkyl halides is 1. The van der Waals surface area contributed by atoms with Crippen molar-refractivity contribution in [2.24, 2.45) is 0 Å². The third-order valence-electron chi connectivity index (χ3n) is 3.24. The molecule has 0 saturated carbocycles. The maximum absolute atomic E-state index is 13.2. The van der Waals surface area contributed by atoms with Crippen molar-refractivity contribution >= 4 is 0 Å². The second kappa shape index (κ2) is 3.44. The molecular formula is C13H13FN2. The van der Waals surface area contributed by atoms with E-state index in [4.69, 9.17) is 0 Å². The zero-order chi connectivity index (χ0) is 11.1. The Morgan fingerprint density at radius 2 is 2.19 bits per heavy atom. The molecule has 0 bridgehead atoms. The molecule has 0 radical (unpaired) electrons. The summed E-state index contributed by atoms with van der Waals surface area (Å²) in [7, 11) is 0. The number of nitrogens with zero attached hydrogens (tertiary/aromatic N) is 1. The van der Waals surface area contributed by atoms with Gasteiger partial charge in [0.05, 0.1) is 6.20 Å². The maximum atomic E-state index is 13.2. The molecule has 3 heteroatoms. The number of halogens is 1. The number of hydrogen-bond acceptors (Lipinski definition) is 1. The Bertz CT molecular complexity index is 528. The average molecular weight is 216 g/mol. The summed E-state index contributed by atoms with van der Waals surface area (Å²) in [6.07, 6.45) is 2.89. The summed E-state index contributed by atoms with van der Waals surface area (Å²) >= 11 is 0. The third kappa shape index (κ3) is 1.35. The van der Waals surface area contributed by atoms with E-state index in [1.807, 2.05) is 24.4 Å². The van der Waals surface area contributed by atoms with Crippen LogP contribution in [0.25, 0.3) is 11.1 Å². The molecular weight excluding hydrogens is 203 g/mol. The number of aromatic amines is 1. The molecule has 1 N–H and O–H groups in total. The monoisotopic (exact) mass is 216 g/mol. The van der Waals surface area contributed by atoms with E-state index >= 15 is 0 Å². The van der Waals surface area contributed by atoms with Crippen LogP contribution in [0, 0.1) is 0 Å². The van der Waals surface area contributed by atoms with Gasteiger partial charge in [0.2, 0.25) is 0 Å². The maximum Gasteiger partial charge on any atom is 0.122 e. The van der Waals surface area contributed by atoms with Gasteiger partial charge in [-0.15, -0.1) is 0 Å². The van der Waals surface area contributed by atoms with Crippen LogP contribution in [0.2, 0.25) is 0 Å². The zero-order valence-corrected chi connectivity index (χ0v) is 9.13. The van der Waals surface area contributed by atoms with Crippen molar-refractivity contribution in [3.63, 3.8) is 0 Å². The van der Waals surface area contributed by atoms with Gasteiger partial charge in [0.1, 0.15) is 6.17 Å². The van der Waals surface area contributed by atoms with Gasteiger partial charge in [-0.3, -0.25) is 5.10 Å². The quantitative estimate of drug-likeness (QED) is 0.779. The van der Waals surface area contributed by atoms with Crippen molar-refractivity contribution in [1.82, 2.24) is 10.2 Å². The van der Waals surface area contributed by atoms with Gasteiger partial charge in [0.15, 0.2) is 0 Å². The molecule has 2 aromatic rings. The van der Waals surface area contributed by atoms with Crippen molar-refractivity contribution < 1.29 is 4.39 Å². The average Bonchev–Trinajstić information content (AvgIpc) is 2.76. The molecule has 1 heterocycles. The van der Waals surface area contributed by atoms with Crippen molar-refractivity contribution in [1.29, 1.82) is 0 Å². The normalized spacial score (nSPS) is 15.4. The number of benzene rings is 1. The van der Waals surface area contributed by atoms with E-state index in [9.17, 15) is 4.39 Å². The van der Waals surface area contributed by atoms with E-state index in [0.29, 0.717) is 0 Å². The number of rotatable bonds is 1. The van der Waals surface area contributed by atoms with Gasteiger partial charge in [-0.1, -0.05) is 18.2 Å². The summed E-state index contributed by atoms with van der Waals surface area (Å²) in [5, 5.41) is 7.07. The third-order valence-corrected chi connectivity index (χ3v) is 3.24. The molecule has 82 valence electrons. The fourth-order valence-electron chi connectivity index (χ4n) is 2.33. The molecule has 3 rings (SSSR count). The van der Waals surface area contributed by atoms with E-state index in [0.717, 1.165) is 18.4 Å². The minimum absolute atomic E-state index is 0.769. The molecule has 2 nitrogen and oxygen atoms in total. The van der Waals surface area contributed by atoms with Gasteiger partial charge in [0.25, 0.3) is 0 Å². The molecule has 16 heavy (non-hydrogen) atoms. The van der Waals surface area contributed by atoms with Crippen LogP contribution in [0.4, 0.5) is 4.39 Å². The fraction of sp³-hybridized carbons (Fsp3) is 0.308. The van der Waals surface area contributed by atoms with Gasteiger partial charge < -0.3 is 0 Å². The summed E-state index contributed by atoms with van der Waals surface area (Å²) in [5.74, 6) is 0. The highest BCUT2D eigenvalue weighted by atomic mass is 19.1. The van der Waals surface area contributed by atoms with E-state index in [1.54, 1.807) is 6.92 Å². The van der Waals surface area contributed by atoms with Crippen LogP contribution in [0.1, 0.15) is 29.9 Å². The van der Waals surface area contributed by atoms with E-state index in [2.05, 4.69) is 10.2 Å². The molecule has 0 spiro atoms. The summed E-state index contributed by atoms with van der Waals surface area (Å²) in [6, 6.07) is 5.86. The number of H-pyrrole nitrogens is 1. The molecule has 0 unspecified atom stereocenters. The minimum atomic E-state index is -0.893. The Hall–Kier alpha value is -1.64. The lowest BCUT2D eigenvalue weighted by Gasteiger charge is -2.17. The molecule has 1 aliphatic carbocycles. The zero-order valence-electron chi connectivity index (χ0n) is 9.13. The first-order chi connectivity index (χ1) is 7.75. The molecule has 0 fully saturated rings. The smallest absolute Gasteiger partial charge is 0.122 e. The number of hydrogen-bond donors (Lipinski definition) is 1. The van der Waals surface area contributed by atoms with Crippen LogP contribution in [0.5, 0.6) is 0 Å². The van der Waals surface area contributed by atoms with Crippen LogP contribution < -0.4 is 0 Å². The predicted molar refractivity (Wildman–Crippen MR) is 61.0 cm³/mol. The SMILES string of the molecule is C[C@H](F)c1ccc2c(c1)CCc1[nH]ncc1-2. The highest BCUT2D eigenvalue weighted by Crippen LogP contribution is 2.33. The summed E-state index contributed by atoms with van der Waals surface area (Å²) < 4.78 is 13.2. The van der Waals surface area contributed by atoms with Gasteiger partial charge in [-0.25, -0.2) is 4.39 Å². The van der Waals surface area contributed by atoms with Crippen molar-refractivity contribution in [2.45, 2.75) is 25.9 Å². The molecule has 0 aliphatic heterocycles. The van der Waals surface area contributed by atoms with E-state index in [1.165, 1.54) is 22.4 Å². The lowest BCUT2D eigenvalue weighted by atomic mass is 9.88. The Balaban J connectivity index is 2.14. The van der Waals surface area contributed by atoms with E-state index in [-0.39, 0.29) is 0 Å². The molecule has 1 aromatic carbocycles. The Morgan fingerprint density at radius 3 is 3.00 bits per heavy atom. The van der Waals surface area contributed by atoms with Gasteiger partial charge in [-0.05, 0) is 36.5 Å². The van der Waals surface area contributed by atoms with E-state index < -0.39 is 6.17 Å². The molecule has 1 aromatic heterocycles. The molecule has 0 amide bonds. The van der Waals surface area contributed by atoms with Crippen LogP contribution >= 0.6 is 0 Å². The second-order valence-electron chi connectivity index (χ2n) is 4.29. The summed E-state index contributed by atoms with van der Waals surface area (Å²) in [5.41, 5.74) is 5.55. The first-order valence-electron chi connectivity index (χ1n) is 5.55. The second-order valence-corrected chi connectivity index (χ2v) is 4.29. The first kappa shape index (κ1) is 9.58. The molecule has 1 aliphatic rings. The minimum Gasteiger partial charge on any atom is -0.282 e. The van der Waals surface area contributed by atoms with Crippen molar-refractivity contribution in [3.05, 3.63) is 41.2 Å².